The lowest BCUT2D eigenvalue weighted by Gasteiger charge is -2.46. The molecule has 0 aromatic carbocycles. The topological polar surface area (TPSA) is 140 Å². The van der Waals surface area contributed by atoms with Crippen LogP contribution in [0.15, 0.2) is 68.4 Å². The summed E-state index contributed by atoms with van der Waals surface area (Å²) in [6, 6.07) is 11.8. The molecule has 7 heterocycles. The summed E-state index contributed by atoms with van der Waals surface area (Å²) in [6.07, 6.45) is 7.24. The molecule has 0 radical (unpaired) electrons. The summed E-state index contributed by atoms with van der Waals surface area (Å²) < 4.78 is 18.2. The molecule has 2 unspecified atom stereocenters. The fraction of sp³-hybridized carbons (Fsp3) is 0.385. The molecule has 0 spiro atoms. The van der Waals surface area contributed by atoms with Gasteiger partial charge in [-0.1, -0.05) is 0 Å². The number of aromatic nitrogens is 5. The Kier molecular flexibility index (Phi) is 5.82. The van der Waals surface area contributed by atoms with Crippen LogP contribution in [0.25, 0.3) is 17.4 Å². The molecule has 2 atom stereocenters. The van der Waals surface area contributed by atoms with Gasteiger partial charge in [-0.05, 0) is 55.2 Å². The van der Waals surface area contributed by atoms with Crippen LogP contribution >= 0.6 is 0 Å². The molecule has 0 amide bonds. The first-order chi connectivity index (χ1) is 18.7. The minimum absolute atomic E-state index is 0.0856. The molecule has 12 heteroatoms. The largest absolute Gasteiger partial charge is 0.467 e. The van der Waals surface area contributed by atoms with Gasteiger partial charge in [-0.15, -0.1) is 5.10 Å². The second kappa shape index (κ2) is 9.62. The maximum Gasteiger partial charge on any atom is 0.259 e. The van der Waals surface area contributed by atoms with Crippen molar-refractivity contribution in [3.8, 4) is 11.6 Å². The Bertz CT molecular complexity index is 1450. The Hall–Kier alpha value is -4.16. The summed E-state index contributed by atoms with van der Waals surface area (Å²) >= 11 is 0. The third-order valence-electron chi connectivity index (χ3n) is 7.52. The van der Waals surface area contributed by atoms with Crippen LogP contribution < -0.4 is 16.0 Å². The predicted octanol–water partition coefficient (Wildman–Crippen LogP) is 2.83. The molecule has 12 nitrogen and oxygen atoms in total. The van der Waals surface area contributed by atoms with E-state index in [2.05, 4.69) is 35.2 Å². The van der Waals surface area contributed by atoms with Crippen LogP contribution in [0.1, 0.15) is 30.4 Å². The lowest BCUT2D eigenvalue weighted by molar-refractivity contribution is 0.0933. The van der Waals surface area contributed by atoms with Gasteiger partial charge in [0.25, 0.3) is 5.78 Å². The second-order valence-corrected chi connectivity index (χ2v) is 9.92. The van der Waals surface area contributed by atoms with E-state index in [0.717, 1.165) is 57.1 Å². The van der Waals surface area contributed by atoms with E-state index in [4.69, 9.17) is 19.0 Å². The number of hydrogen-bond donors (Lipinski definition) is 2. The van der Waals surface area contributed by atoms with Gasteiger partial charge in [-0.3, -0.25) is 4.90 Å². The molecule has 5 aromatic rings. The first kappa shape index (κ1) is 23.0. The number of furan rings is 3. The first-order valence-electron chi connectivity index (χ1n) is 12.9. The van der Waals surface area contributed by atoms with Crippen molar-refractivity contribution in [1.82, 2.24) is 34.8 Å². The average Bonchev–Trinajstić information content (AvgIpc) is 3.75. The van der Waals surface area contributed by atoms with E-state index in [1.54, 1.807) is 30.9 Å². The Morgan fingerprint density at radius 3 is 2.45 bits per heavy atom. The van der Waals surface area contributed by atoms with Crippen molar-refractivity contribution in [1.29, 1.82) is 0 Å². The zero-order valence-corrected chi connectivity index (χ0v) is 20.8. The lowest BCUT2D eigenvalue weighted by Crippen LogP contribution is -2.57. The van der Waals surface area contributed by atoms with Crippen molar-refractivity contribution in [2.45, 2.75) is 24.9 Å². The van der Waals surface area contributed by atoms with E-state index in [1.807, 2.05) is 24.3 Å². The lowest BCUT2D eigenvalue weighted by atomic mass is 9.90. The van der Waals surface area contributed by atoms with Gasteiger partial charge in [0.05, 0.1) is 18.8 Å². The summed E-state index contributed by atoms with van der Waals surface area (Å²) in [5.41, 5.74) is 6.23. The Morgan fingerprint density at radius 1 is 0.921 bits per heavy atom. The zero-order valence-electron chi connectivity index (χ0n) is 20.8. The molecule has 38 heavy (non-hydrogen) atoms. The number of nitrogen functional groups attached to an aromatic ring is 1. The number of piperidine rings is 1. The van der Waals surface area contributed by atoms with Gasteiger partial charge < -0.3 is 29.2 Å². The standard InChI is InChI=1S/C26H29N9O3/c27-24-30-25(31-26-29-23(32-35(24)26)21-6-3-13-38-21)34-10-9-33-15-17(7-8-18(33)16-34)14-28-22(19-4-1-11-36-19)20-5-2-12-37-20/h1-6,11-13,17-18,22,28H,7-10,14-16H2,(H2,27,29,30,31,32). The van der Waals surface area contributed by atoms with Gasteiger partial charge in [0.2, 0.25) is 17.7 Å². The van der Waals surface area contributed by atoms with Crippen LogP contribution in [0, 0.1) is 5.92 Å². The first-order valence-corrected chi connectivity index (χ1v) is 12.9. The van der Waals surface area contributed by atoms with E-state index in [-0.39, 0.29) is 12.0 Å². The molecule has 3 N–H and O–H groups in total. The fourth-order valence-corrected chi connectivity index (χ4v) is 5.59. The van der Waals surface area contributed by atoms with Crippen LogP contribution in [-0.2, 0) is 0 Å². The summed E-state index contributed by atoms with van der Waals surface area (Å²) in [5.74, 6) is 4.54. The number of hydrogen-bond acceptors (Lipinski definition) is 11. The van der Waals surface area contributed by atoms with Crippen LogP contribution in [0.4, 0.5) is 11.9 Å². The highest BCUT2D eigenvalue weighted by Crippen LogP contribution is 2.29. The minimum Gasteiger partial charge on any atom is -0.467 e. The van der Waals surface area contributed by atoms with Crippen molar-refractivity contribution >= 4 is 17.7 Å². The maximum atomic E-state index is 6.23. The Labute approximate surface area is 218 Å². The summed E-state index contributed by atoms with van der Waals surface area (Å²) in [4.78, 5) is 18.5. The highest BCUT2D eigenvalue weighted by Gasteiger charge is 2.34. The predicted molar refractivity (Wildman–Crippen MR) is 138 cm³/mol. The highest BCUT2D eigenvalue weighted by atomic mass is 16.3. The minimum atomic E-state index is -0.0856. The molecule has 5 aromatic heterocycles. The summed E-state index contributed by atoms with van der Waals surface area (Å²) in [7, 11) is 0. The summed E-state index contributed by atoms with van der Waals surface area (Å²) in [5, 5.41) is 8.07. The molecule has 196 valence electrons. The SMILES string of the molecule is Nc1nc(N2CCN3CC(CNC(c4ccco4)c4ccco4)CCC3C2)nc2nc(-c3ccco3)nn12. The number of piperazine rings is 1. The van der Waals surface area contributed by atoms with Gasteiger partial charge in [-0.2, -0.15) is 19.5 Å². The van der Waals surface area contributed by atoms with E-state index in [1.165, 1.54) is 4.52 Å². The van der Waals surface area contributed by atoms with Crippen LogP contribution in [0.2, 0.25) is 0 Å². The van der Waals surface area contributed by atoms with Crippen molar-refractivity contribution < 1.29 is 13.3 Å². The van der Waals surface area contributed by atoms with E-state index in [0.29, 0.717) is 35.3 Å². The second-order valence-electron chi connectivity index (χ2n) is 9.92. The highest BCUT2D eigenvalue weighted by molar-refractivity contribution is 5.53. The van der Waals surface area contributed by atoms with Crippen molar-refractivity contribution in [3.05, 3.63) is 66.7 Å². The fourth-order valence-electron chi connectivity index (χ4n) is 5.59. The van der Waals surface area contributed by atoms with Crippen LogP contribution in [0.5, 0.6) is 0 Å². The molecule has 7 rings (SSSR count). The maximum absolute atomic E-state index is 6.23. The normalized spacial score (nSPS) is 20.4. The third kappa shape index (κ3) is 4.31. The Balaban J connectivity index is 1.00. The van der Waals surface area contributed by atoms with Gasteiger partial charge >= 0.3 is 0 Å². The number of nitrogens with one attached hydrogen (secondary N) is 1. The van der Waals surface area contributed by atoms with Crippen LogP contribution in [0.3, 0.4) is 0 Å². The molecular weight excluding hydrogens is 486 g/mol. The molecule has 2 aliphatic heterocycles. The molecule has 0 bridgehead atoms. The smallest absolute Gasteiger partial charge is 0.259 e. The molecule has 2 aliphatic rings. The average molecular weight is 516 g/mol. The molecular formula is C26H29N9O3. The number of rotatable bonds is 7. The molecule has 0 saturated carbocycles. The van der Waals surface area contributed by atoms with Crippen molar-refractivity contribution in [2.24, 2.45) is 5.92 Å². The van der Waals surface area contributed by atoms with Gasteiger partial charge in [0, 0.05) is 38.8 Å². The summed E-state index contributed by atoms with van der Waals surface area (Å²) in [6.45, 7) is 4.57. The van der Waals surface area contributed by atoms with E-state index < -0.39 is 0 Å². The number of fused-ring (bicyclic) bond motifs is 2. The van der Waals surface area contributed by atoms with Gasteiger partial charge in [0.1, 0.15) is 17.6 Å². The molecule has 0 aliphatic carbocycles. The quantitative estimate of drug-likeness (QED) is 0.331. The molecule has 2 saturated heterocycles. The van der Waals surface area contributed by atoms with Crippen LogP contribution in [-0.4, -0.2) is 68.2 Å². The van der Waals surface area contributed by atoms with E-state index in [9.17, 15) is 0 Å². The zero-order chi connectivity index (χ0) is 25.5. The third-order valence-corrected chi connectivity index (χ3v) is 7.52. The molecule has 2 fully saturated rings. The number of nitrogens with two attached hydrogens (primary N) is 1. The number of nitrogens with zero attached hydrogens (tertiary/aromatic N) is 7. The number of anilines is 2. The monoisotopic (exact) mass is 515 g/mol. The van der Waals surface area contributed by atoms with Gasteiger partial charge in [0.15, 0.2) is 5.76 Å². The van der Waals surface area contributed by atoms with Crippen molar-refractivity contribution in [3.63, 3.8) is 0 Å². The van der Waals surface area contributed by atoms with E-state index >= 15 is 0 Å². The van der Waals surface area contributed by atoms with Gasteiger partial charge in [-0.25, -0.2) is 0 Å². The Morgan fingerprint density at radius 2 is 1.71 bits per heavy atom. The van der Waals surface area contributed by atoms with Crippen molar-refractivity contribution in [2.75, 3.05) is 43.4 Å².